The summed E-state index contributed by atoms with van der Waals surface area (Å²) in [6, 6.07) is 6.56. The van der Waals surface area contributed by atoms with E-state index in [0.717, 1.165) is 11.4 Å². The Balaban J connectivity index is 1.86. The summed E-state index contributed by atoms with van der Waals surface area (Å²) >= 11 is 0. The van der Waals surface area contributed by atoms with Crippen LogP contribution in [0.2, 0.25) is 0 Å². The number of hydrogen-bond donors (Lipinski definition) is 0. The third-order valence-electron chi connectivity index (χ3n) is 6.64. The van der Waals surface area contributed by atoms with Gasteiger partial charge in [0.25, 0.3) is 5.91 Å². The average Bonchev–Trinajstić information content (AvgIpc) is 3.12. The number of hydrogen-bond acceptors (Lipinski definition) is 2. The molecular weight excluding hydrogens is 377 g/mol. The molecule has 0 saturated heterocycles. The third-order valence-corrected chi connectivity index (χ3v) is 6.64. The minimum atomic E-state index is -0.407. The van der Waals surface area contributed by atoms with Crippen LogP contribution in [0, 0.1) is 11.7 Å². The number of pyridine rings is 1. The highest BCUT2D eigenvalue weighted by Gasteiger charge is 2.25. The summed E-state index contributed by atoms with van der Waals surface area (Å²) in [7, 11) is 1.76. The molecule has 0 spiro atoms. The summed E-state index contributed by atoms with van der Waals surface area (Å²) in [5, 5.41) is 1.17. The quantitative estimate of drug-likeness (QED) is 0.537. The lowest BCUT2D eigenvalue weighted by Crippen LogP contribution is -2.33. The highest BCUT2D eigenvalue weighted by atomic mass is 19.1. The lowest BCUT2D eigenvalue weighted by molar-refractivity contribution is 0.0754. The van der Waals surface area contributed by atoms with Crippen LogP contribution in [0.15, 0.2) is 42.9 Å². The molecule has 2 aromatic heterocycles. The maximum Gasteiger partial charge on any atom is 0.256 e. The fourth-order valence-electron chi connectivity index (χ4n) is 4.51. The number of fused-ring (bicyclic) bond motifs is 1. The van der Waals surface area contributed by atoms with Crippen molar-refractivity contribution >= 4 is 16.8 Å². The van der Waals surface area contributed by atoms with Crippen LogP contribution in [0.4, 0.5) is 4.39 Å². The second-order valence-corrected chi connectivity index (χ2v) is 8.98. The number of halogens is 1. The molecular formula is C25H30FN3O. The van der Waals surface area contributed by atoms with E-state index in [2.05, 4.69) is 24.2 Å². The Morgan fingerprint density at radius 2 is 1.93 bits per heavy atom. The van der Waals surface area contributed by atoms with E-state index in [-0.39, 0.29) is 11.9 Å². The van der Waals surface area contributed by atoms with Gasteiger partial charge in [-0.15, -0.1) is 0 Å². The van der Waals surface area contributed by atoms with Gasteiger partial charge in [-0.2, -0.15) is 0 Å². The molecule has 0 atom stereocenters. The second kappa shape index (κ2) is 8.21. The maximum absolute atomic E-state index is 14.1. The van der Waals surface area contributed by atoms with Gasteiger partial charge in [0.2, 0.25) is 0 Å². The van der Waals surface area contributed by atoms with E-state index >= 15 is 0 Å². The molecule has 1 saturated carbocycles. The molecule has 1 aliphatic carbocycles. The highest BCUT2D eigenvalue weighted by molar-refractivity contribution is 5.99. The van der Waals surface area contributed by atoms with Crippen LogP contribution in [0.5, 0.6) is 0 Å². The third kappa shape index (κ3) is 3.73. The molecule has 5 heteroatoms. The van der Waals surface area contributed by atoms with Gasteiger partial charge in [-0.3, -0.25) is 9.78 Å². The molecule has 3 aromatic rings. The summed E-state index contributed by atoms with van der Waals surface area (Å²) in [5.41, 5.74) is 3.33. The van der Waals surface area contributed by atoms with Gasteiger partial charge in [0.15, 0.2) is 0 Å². The van der Waals surface area contributed by atoms with Gasteiger partial charge in [-0.05, 0) is 68.4 Å². The Hall–Kier alpha value is -2.69. The molecule has 1 aliphatic rings. The van der Waals surface area contributed by atoms with Gasteiger partial charge < -0.3 is 9.47 Å². The van der Waals surface area contributed by atoms with Crippen molar-refractivity contribution in [1.82, 2.24) is 14.5 Å². The minimum Gasteiger partial charge on any atom is -0.339 e. The molecule has 30 heavy (non-hydrogen) atoms. The zero-order valence-corrected chi connectivity index (χ0v) is 18.2. The summed E-state index contributed by atoms with van der Waals surface area (Å²) in [6.07, 6.45) is 10.6. The van der Waals surface area contributed by atoms with Crippen LogP contribution < -0.4 is 0 Å². The second-order valence-electron chi connectivity index (χ2n) is 8.98. The minimum absolute atomic E-state index is 0.0245. The summed E-state index contributed by atoms with van der Waals surface area (Å²) in [5.74, 6) is 0.697. The van der Waals surface area contributed by atoms with Crippen molar-refractivity contribution in [3.8, 4) is 5.69 Å². The van der Waals surface area contributed by atoms with Crippen LogP contribution in [0.25, 0.3) is 16.6 Å². The van der Waals surface area contributed by atoms with E-state index in [0.29, 0.717) is 17.2 Å². The standard InChI is InChI=1S/C25H30FN3O/c1-16(2)28(4)25(30)21-13-19(26)9-10-23(21)29-15-22(18-7-5-17(3)6-8-18)20-11-12-27-14-24(20)29/h9-18H,5-8H2,1-4H3. The molecule has 0 aliphatic heterocycles. The number of aromatic nitrogens is 2. The number of amides is 1. The number of carbonyl (C=O) groups excluding carboxylic acids is 1. The molecule has 1 amide bonds. The van der Waals surface area contributed by atoms with Crippen LogP contribution in [-0.4, -0.2) is 33.4 Å². The fraction of sp³-hybridized carbons (Fsp3) is 0.440. The van der Waals surface area contributed by atoms with Gasteiger partial charge in [-0.1, -0.05) is 19.8 Å². The summed E-state index contributed by atoms with van der Waals surface area (Å²) in [4.78, 5) is 19.1. The zero-order chi connectivity index (χ0) is 21.4. The normalized spacial score (nSPS) is 19.4. The van der Waals surface area contributed by atoms with Crippen molar-refractivity contribution < 1.29 is 9.18 Å². The molecule has 1 fully saturated rings. The first-order chi connectivity index (χ1) is 14.4. The number of carbonyl (C=O) groups is 1. The van der Waals surface area contributed by atoms with Gasteiger partial charge in [-0.25, -0.2) is 4.39 Å². The van der Waals surface area contributed by atoms with Crippen molar-refractivity contribution in [3.63, 3.8) is 0 Å². The highest BCUT2D eigenvalue weighted by Crippen LogP contribution is 2.40. The van der Waals surface area contributed by atoms with E-state index in [1.54, 1.807) is 18.0 Å². The van der Waals surface area contributed by atoms with Crippen molar-refractivity contribution in [2.24, 2.45) is 5.92 Å². The molecule has 4 nitrogen and oxygen atoms in total. The van der Waals surface area contributed by atoms with E-state index in [1.807, 2.05) is 30.8 Å². The van der Waals surface area contributed by atoms with E-state index in [9.17, 15) is 9.18 Å². The first kappa shape index (κ1) is 20.6. The van der Waals surface area contributed by atoms with E-state index in [4.69, 9.17) is 0 Å². The van der Waals surface area contributed by atoms with Crippen molar-refractivity contribution in [2.75, 3.05) is 7.05 Å². The Labute approximate surface area is 177 Å². The Kier molecular flexibility index (Phi) is 5.63. The van der Waals surface area contributed by atoms with Crippen LogP contribution >= 0.6 is 0 Å². The molecule has 0 bridgehead atoms. The zero-order valence-electron chi connectivity index (χ0n) is 18.2. The SMILES string of the molecule is CC1CCC(c2cn(-c3ccc(F)cc3C(=O)N(C)C(C)C)c3cnccc23)CC1. The predicted molar refractivity (Wildman–Crippen MR) is 119 cm³/mol. The smallest absolute Gasteiger partial charge is 0.256 e. The van der Waals surface area contributed by atoms with Crippen molar-refractivity contribution in [1.29, 1.82) is 0 Å². The predicted octanol–water partition coefficient (Wildman–Crippen LogP) is 5.94. The monoisotopic (exact) mass is 407 g/mol. The first-order valence-corrected chi connectivity index (χ1v) is 10.9. The molecule has 0 unspecified atom stereocenters. The van der Waals surface area contributed by atoms with Crippen molar-refractivity contribution in [2.45, 2.75) is 58.4 Å². The number of nitrogens with zero attached hydrogens (tertiary/aromatic N) is 3. The maximum atomic E-state index is 14.1. The molecule has 0 N–H and O–H groups in total. The van der Waals surface area contributed by atoms with E-state index in [1.165, 1.54) is 48.8 Å². The summed E-state index contributed by atoms with van der Waals surface area (Å²) in [6.45, 7) is 6.23. The van der Waals surface area contributed by atoms with Gasteiger partial charge in [0, 0.05) is 30.9 Å². The molecule has 1 aromatic carbocycles. The lowest BCUT2D eigenvalue weighted by Gasteiger charge is -2.26. The molecule has 4 rings (SSSR count). The molecule has 0 radical (unpaired) electrons. The van der Waals surface area contributed by atoms with Crippen LogP contribution in [-0.2, 0) is 0 Å². The lowest BCUT2D eigenvalue weighted by atomic mass is 9.79. The summed E-state index contributed by atoms with van der Waals surface area (Å²) < 4.78 is 16.2. The van der Waals surface area contributed by atoms with Gasteiger partial charge in [0.05, 0.1) is 23.0 Å². The average molecular weight is 408 g/mol. The van der Waals surface area contributed by atoms with Crippen LogP contribution in [0.1, 0.15) is 68.3 Å². The Morgan fingerprint density at radius 1 is 1.20 bits per heavy atom. The van der Waals surface area contributed by atoms with Gasteiger partial charge >= 0.3 is 0 Å². The van der Waals surface area contributed by atoms with E-state index < -0.39 is 5.82 Å². The number of benzene rings is 1. The molecule has 158 valence electrons. The fourth-order valence-corrected chi connectivity index (χ4v) is 4.51. The molecule has 2 heterocycles. The Bertz CT molecular complexity index is 1060. The Morgan fingerprint density at radius 3 is 2.63 bits per heavy atom. The first-order valence-electron chi connectivity index (χ1n) is 10.9. The van der Waals surface area contributed by atoms with Crippen LogP contribution in [0.3, 0.4) is 0 Å². The topological polar surface area (TPSA) is 38.1 Å². The largest absolute Gasteiger partial charge is 0.339 e. The van der Waals surface area contributed by atoms with Crippen molar-refractivity contribution in [3.05, 3.63) is 59.8 Å². The number of rotatable bonds is 4. The van der Waals surface area contributed by atoms with Gasteiger partial charge in [0.1, 0.15) is 5.82 Å².